The molecular weight excluding hydrogens is 253 g/mol. The lowest BCUT2D eigenvalue weighted by Gasteiger charge is -2.13. The highest BCUT2D eigenvalue weighted by Gasteiger charge is 2.18. The molecule has 1 amide bonds. The first kappa shape index (κ1) is 14.6. The number of carbonyl (C=O) groups is 2. The minimum Gasteiger partial charge on any atom is -0.481 e. The Hall–Kier alpha value is -2.46. The zero-order chi connectivity index (χ0) is 14.6. The van der Waals surface area contributed by atoms with Gasteiger partial charge in [-0.25, -0.2) is 4.39 Å². The molecule has 0 radical (unpaired) electrons. The van der Waals surface area contributed by atoms with Gasteiger partial charge in [0.05, 0.1) is 24.1 Å². The van der Waals surface area contributed by atoms with Gasteiger partial charge in [-0.3, -0.25) is 9.59 Å². The van der Waals surface area contributed by atoms with Crippen LogP contribution in [0.1, 0.15) is 17.5 Å². The minimum atomic E-state index is -1.24. The van der Waals surface area contributed by atoms with Crippen LogP contribution in [-0.2, 0) is 9.59 Å². The third kappa shape index (κ3) is 3.76. The Morgan fingerprint density at radius 1 is 1.58 bits per heavy atom. The van der Waals surface area contributed by atoms with E-state index in [1.165, 1.54) is 13.0 Å². The van der Waals surface area contributed by atoms with Gasteiger partial charge in [0, 0.05) is 11.3 Å². The fourth-order valence-corrected chi connectivity index (χ4v) is 1.38. The highest BCUT2D eigenvalue weighted by Crippen LogP contribution is 2.20. The van der Waals surface area contributed by atoms with Gasteiger partial charge >= 0.3 is 5.97 Å². The molecule has 0 fully saturated rings. The summed E-state index contributed by atoms with van der Waals surface area (Å²) in [6, 6.07) is 2.85. The van der Waals surface area contributed by atoms with E-state index >= 15 is 0 Å². The molecule has 1 aromatic rings. The van der Waals surface area contributed by atoms with E-state index in [-0.39, 0.29) is 16.8 Å². The molecule has 100 valence electrons. The van der Waals surface area contributed by atoms with Crippen LogP contribution in [0, 0.1) is 24.1 Å². The Kier molecular flexibility index (Phi) is 4.56. The number of halogens is 1. The lowest BCUT2D eigenvalue weighted by Crippen LogP contribution is -2.37. The number of nitrogens with two attached hydrogens (primary N) is 1. The predicted molar refractivity (Wildman–Crippen MR) is 64.7 cm³/mol. The summed E-state index contributed by atoms with van der Waals surface area (Å²) in [7, 11) is 0. The van der Waals surface area contributed by atoms with Crippen LogP contribution in [0.2, 0.25) is 0 Å². The lowest BCUT2D eigenvalue weighted by atomic mass is 10.1. The van der Waals surface area contributed by atoms with Crippen molar-refractivity contribution < 1.29 is 19.1 Å². The summed E-state index contributed by atoms with van der Waals surface area (Å²) in [5.74, 6) is -2.60. The maximum atomic E-state index is 13.5. The van der Waals surface area contributed by atoms with E-state index in [0.29, 0.717) is 0 Å². The molecule has 0 saturated carbocycles. The first-order chi connectivity index (χ1) is 8.85. The van der Waals surface area contributed by atoms with E-state index in [0.717, 1.165) is 6.07 Å². The number of hydrogen-bond acceptors (Lipinski definition) is 4. The van der Waals surface area contributed by atoms with Crippen LogP contribution in [0.3, 0.4) is 0 Å². The number of hydrogen-bond donors (Lipinski definition) is 3. The summed E-state index contributed by atoms with van der Waals surface area (Å²) >= 11 is 0. The van der Waals surface area contributed by atoms with Crippen molar-refractivity contribution in [2.24, 2.45) is 5.73 Å². The monoisotopic (exact) mass is 265 g/mol. The van der Waals surface area contributed by atoms with Gasteiger partial charge in [0.25, 0.3) is 0 Å². The van der Waals surface area contributed by atoms with Gasteiger partial charge in [-0.1, -0.05) is 0 Å². The van der Waals surface area contributed by atoms with Gasteiger partial charge in [-0.15, -0.1) is 0 Å². The molecule has 0 bridgehead atoms. The third-order valence-corrected chi connectivity index (χ3v) is 2.46. The molecule has 1 unspecified atom stereocenters. The van der Waals surface area contributed by atoms with Gasteiger partial charge < -0.3 is 16.2 Å². The number of carbonyl (C=O) groups excluding carboxylic acids is 1. The van der Waals surface area contributed by atoms with Crippen LogP contribution < -0.4 is 11.1 Å². The first-order valence-electron chi connectivity index (χ1n) is 5.33. The molecule has 0 spiro atoms. The van der Waals surface area contributed by atoms with E-state index in [1.54, 1.807) is 6.07 Å². The van der Waals surface area contributed by atoms with Crippen LogP contribution in [-0.4, -0.2) is 23.0 Å². The highest BCUT2D eigenvalue weighted by molar-refractivity contribution is 5.97. The molecule has 1 rings (SSSR count). The van der Waals surface area contributed by atoms with Gasteiger partial charge in [0.1, 0.15) is 5.82 Å². The Morgan fingerprint density at radius 2 is 2.21 bits per heavy atom. The molecular formula is C12H12FN3O3. The number of nitriles is 1. The zero-order valence-corrected chi connectivity index (χ0v) is 10.1. The molecule has 0 aliphatic heterocycles. The van der Waals surface area contributed by atoms with Crippen molar-refractivity contribution in [3.63, 3.8) is 0 Å². The van der Waals surface area contributed by atoms with Crippen molar-refractivity contribution >= 4 is 17.6 Å². The summed E-state index contributed by atoms with van der Waals surface area (Å²) in [6.45, 7) is 1.43. The highest BCUT2D eigenvalue weighted by atomic mass is 19.1. The second kappa shape index (κ2) is 5.93. The number of carboxylic acids is 1. The SMILES string of the molecule is Cc1c(F)cc(C#N)cc1NC(=O)C(N)CC(=O)O. The molecule has 19 heavy (non-hydrogen) atoms. The summed E-state index contributed by atoms with van der Waals surface area (Å²) in [5, 5.41) is 19.5. The second-order valence-corrected chi connectivity index (χ2v) is 3.94. The quantitative estimate of drug-likeness (QED) is 0.742. The van der Waals surface area contributed by atoms with E-state index < -0.39 is 30.2 Å². The van der Waals surface area contributed by atoms with Gasteiger partial charge in [-0.05, 0) is 19.1 Å². The molecule has 6 nitrogen and oxygen atoms in total. The average Bonchev–Trinajstić information content (AvgIpc) is 2.33. The molecule has 1 aromatic carbocycles. The second-order valence-electron chi connectivity index (χ2n) is 3.94. The summed E-state index contributed by atoms with van der Waals surface area (Å²) in [5.41, 5.74) is 5.67. The van der Waals surface area contributed by atoms with Crippen LogP contribution in [0.4, 0.5) is 10.1 Å². The number of anilines is 1. The Morgan fingerprint density at radius 3 is 2.74 bits per heavy atom. The van der Waals surface area contributed by atoms with Crippen molar-refractivity contribution in [1.82, 2.24) is 0 Å². The van der Waals surface area contributed by atoms with Crippen molar-refractivity contribution in [1.29, 1.82) is 5.26 Å². The van der Waals surface area contributed by atoms with Crippen molar-refractivity contribution in [3.05, 3.63) is 29.1 Å². The van der Waals surface area contributed by atoms with Gasteiger partial charge in [-0.2, -0.15) is 5.26 Å². The van der Waals surface area contributed by atoms with Crippen LogP contribution in [0.5, 0.6) is 0 Å². The molecule has 0 aromatic heterocycles. The fourth-order valence-electron chi connectivity index (χ4n) is 1.38. The first-order valence-corrected chi connectivity index (χ1v) is 5.33. The molecule has 7 heteroatoms. The van der Waals surface area contributed by atoms with Gasteiger partial charge in [0.2, 0.25) is 5.91 Å². The lowest BCUT2D eigenvalue weighted by molar-refractivity contribution is -0.138. The molecule has 1 atom stereocenters. The Balaban J connectivity index is 2.94. The molecule has 0 aliphatic carbocycles. The van der Waals surface area contributed by atoms with E-state index in [9.17, 15) is 14.0 Å². The number of nitrogens with one attached hydrogen (secondary N) is 1. The Bertz CT molecular complexity index is 566. The number of nitrogens with zero attached hydrogens (tertiary/aromatic N) is 1. The summed E-state index contributed by atoms with van der Waals surface area (Å²) < 4.78 is 13.5. The van der Waals surface area contributed by atoms with Crippen LogP contribution in [0.15, 0.2) is 12.1 Å². The summed E-state index contributed by atoms with van der Waals surface area (Å²) in [6.07, 6.45) is -0.536. The van der Waals surface area contributed by atoms with Crippen molar-refractivity contribution in [2.45, 2.75) is 19.4 Å². The number of benzene rings is 1. The number of amides is 1. The summed E-state index contributed by atoms with van der Waals surface area (Å²) in [4.78, 5) is 22.0. The normalized spacial score (nSPS) is 11.5. The molecule has 0 saturated heterocycles. The molecule has 0 heterocycles. The maximum absolute atomic E-state index is 13.5. The maximum Gasteiger partial charge on any atom is 0.305 e. The Labute approximate surface area is 108 Å². The van der Waals surface area contributed by atoms with E-state index in [2.05, 4.69) is 5.32 Å². The minimum absolute atomic E-state index is 0.0465. The standard InChI is InChI=1S/C12H12FN3O3/c1-6-8(13)2-7(5-14)3-10(6)16-12(19)9(15)4-11(17)18/h2-3,9H,4,15H2,1H3,(H,16,19)(H,17,18). The van der Waals surface area contributed by atoms with E-state index in [4.69, 9.17) is 16.1 Å². The number of rotatable bonds is 4. The van der Waals surface area contributed by atoms with Crippen LogP contribution >= 0.6 is 0 Å². The topological polar surface area (TPSA) is 116 Å². The number of carboxylic acid groups (broad SMARTS) is 1. The van der Waals surface area contributed by atoms with E-state index in [1.807, 2.05) is 0 Å². The third-order valence-electron chi connectivity index (χ3n) is 2.46. The number of aliphatic carboxylic acids is 1. The van der Waals surface area contributed by atoms with Crippen molar-refractivity contribution in [2.75, 3.05) is 5.32 Å². The smallest absolute Gasteiger partial charge is 0.305 e. The average molecular weight is 265 g/mol. The molecule has 4 N–H and O–H groups in total. The van der Waals surface area contributed by atoms with Crippen molar-refractivity contribution in [3.8, 4) is 6.07 Å². The van der Waals surface area contributed by atoms with Crippen LogP contribution in [0.25, 0.3) is 0 Å². The zero-order valence-electron chi connectivity index (χ0n) is 10.1. The van der Waals surface area contributed by atoms with Gasteiger partial charge in [0.15, 0.2) is 0 Å². The fraction of sp³-hybridized carbons (Fsp3) is 0.250. The largest absolute Gasteiger partial charge is 0.481 e. The predicted octanol–water partition coefficient (Wildman–Crippen LogP) is 0.746. The molecule has 0 aliphatic rings.